The van der Waals surface area contributed by atoms with Crippen molar-refractivity contribution in [2.45, 2.75) is 0 Å². The van der Waals surface area contributed by atoms with Gasteiger partial charge >= 0.3 is 5.97 Å². The van der Waals surface area contributed by atoms with E-state index in [-0.39, 0.29) is 17.9 Å². The molecule has 0 heterocycles. The number of carbonyl (C=O) groups excluding carboxylic acids is 2. The molecule has 0 bridgehead atoms. The van der Waals surface area contributed by atoms with Gasteiger partial charge in [-0.2, -0.15) is 0 Å². The largest absolute Gasteiger partial charge is 0.488 e. The molecule has 7 nitrogen and oxygen atoms in total. The van der Waals surface area contributed by atoms with Crippen molar-refractivity contribution < 1.29 is 24.0 Å². The maximum Gasteiger partial charge on any atom is 0.337 e. The average Bonchev–Trinajstić information content (AvgIpc) is 2.75. The van der Waals surface area contributed by atoms with E-state index in [4.69, 9.17) is 9.47 Å². The van der Waals surface area contributed by atoms with Gasteiger partial charge in [0.05, 0.1) is 23.2 Å². The number of hydrogen-bond donors (Lipinski definition) is 0. The second kappa shape index (κ2) is 8.79. The van der Waals surface area contributed by atoms with Gasteiger partial charge in [-0.25, -0.2) is 4.79 Å². The normalized spacial score (nSPS) is 11.1. The second-order valence-electron chi connectivity index (χ2n) is 6.12. The summed E-state index contributed by atoms with van der Waals surface area (Å²) in [5, 5.41) is 12.6. The first kappa shape index (κ1) is 19.8. The van der Waals surface area contributed by atoms with E-state index in [1.807, 2.05) is 30.3 Å². The van der Waals surface area contributed by atoms with Crippen LogP contribution in [0.15, 0.2) is 66.2 Å². The van der Waals surface area contributed by atoms with E-state index in [0.717, 1.165) is 10.8 Å². The van der Waals surface area contributed by atoms with Crippen LogP contribution >= 0.6 is 0 Å². The second-order valence-corrected chi connectivity index (χ2v) is 6.12. The molecule has 0 atom stereocenters. The number of nitro groups is 1. The van der Waals surface area contributed by atoms with Gasteiger partial charge in [0, 0.05) is 12.1 Å². The first-order valence-electron chi connectivity index (χ1n) is 8.66. The van der Waals surface area contributed by atoms with Crippen LogP contribution in [0.2, 0.25) is 0 Å². The lowest BCUT2D eigenvalue weighted by atomic mass is 10.0. The number of ether oxygens (including phenoxy) is 2. The quantitative estimate of drug-likeness (QED) is 0.197. The number of nitro benzene ring substituents is 1. The smallest absolute Gasteiger partial charge is 0.337 e. The fraction of sp³-hybridized carbons (Fsp3) is 0.0909. The first-order chi connectivity index (χ1) is 14.0. The number of nitrogens with zero attached hydrogens (tertiary/aromatic N) is 1. The number of hydrogen-bond acceptors (Lipinski definition) is 6. The highest BCUT2D eigenvalue weighted by Crippen LogP contribution is 2.27. The Hall–Kier alpha value is -4.00. The average molecular weight is 391 g/mol. The van der Waals surface area contributed by atoms with Crippen LogP contribution in [0.1, 0.15) is 15.9 Å². The van der Waals surface area contributed by atoms with Crippen LogP contribution in [-0.2, 0) is 9.53 Å². The highest BCUT2D eigenvalue weighted by Gasteiger charge is 2.15. The molecule has 3 rings (SSSR count). The number of methoxy groups -OCH3 is 1. The Labute approximate surface area is 166 Å². The zero-order valence-electron chi connectivity index (χ0n) is 15.5. The molecule has 3 aromatic rings. The molecule has 0 saturated carbocycles. The molecule has 146 valence electrons. The third kappa shape index (κ3) is 4.47. The molecule has 0 amide bonds. The number of carbonyl (C=O) groups is 2. The highest BCUT2D eigenvalue weighted by atomic mass is 16.6. The van der Waals surface area contributed by atoms with Crippen molar-refractivity contribution in [1.82, 2.24) is 0 Å². The molecule has 0 radical (unpaired) electrons. The van der Waals surface area contributed by atoms with Gasteiger partial charge in [0.1, 0.15) is 12.4 Å². The molecule has 0 saturated heterocycles. The molecule has 0 aromatic heterocycles. The van der Waals surface area contributed by atoms with Gasteiger partial charge in [-0.1, -0.05) is 42.5 Å². The van der Waals surface area contributed by atoms with Crippen LogP contribution in [0.25, 0.3) is 16.8 Å². The summed E-state index contributed by atoms with van der Waals surface area (Å²) in [7, 11) is 1.23. The number of esters is 1. The minimum absolute atomic E-state index is 0.0957. The van der Waals surface area contributed by atoms with Crippen LogP contribution in [0.3, 0.4) is 0 Å². The predicted molar refractivity (Wildman–Crippen MR) is 108 cm³/mol. The number of rotatable bonds is 7. The molecule has 0 N–H and O–H groups in total. The molecule has 7 heteroatoms. The van der Waals surface area contributed by atoms with Crippen LogP contribution in [0.5, 0.6) is 5.75 Å². The van der Waals surface area contributed by atoms with Crippen molar-refractivity contribution >= 4 is 34.8 Å². The van der Waals surface area contributed by atoms with Gasteiger partial charge in [0.15, 0.2) is 6.29 Å². The van der Waals surface area contributed by atoms with Gasteiger partial charge in [-0.05, 0) is 28.5 Å². The van der Waals surface area contributed by atoms with Crippen molar-refractivity contribution in [2.75, 3.05) is 13.7 Å². The third-order valence-corrected chi connectivity index (χ3v) is 4.30. The maximum atomic E-state index is 12.1. The standard InChI is InChI=1S/C22H17NO6/c1-28-22(25)17(11-15-5-4-7-18(12-15)23(26)27)14-29-21-10-9-16-6-2-3-8-19(16)20(21)13-24/h2-13H,14H2,1H3/b17-11+. The van der Waals surface area contributed by atoms with Crippen molar-refractivity contribution in [2.24, 2.45) is 0 Å². The van der Waals surface area contributed by atoms with Gasteiger partial charge in [0.2, 0.25) is 0 Å². The number of aldehydes is 1. The summed E-state index contributed by atoms with van der Waals surface area (Å²) in [6.45, 7) is -0.172. The molecule has 3 aromatic carbocycles. The van der Waals surface area contributed by atoms with Crippen LogP contribution in [-0.4, -0.2) is 30.9 Å². The predicted octanol–water partition coefficient (Wildman–Crippen LogP) is 4.20. The topological polar surface area (TPSA) is 95.7 Å². The fourth-order valence-corrected chi connectivity index (χ4v) is 2.90. The van der Waals surface area contributed by atoms with Gasteiger partial charge in [-0.15, -0.1) is 0 Å². The van der Waals surface area contributed by atoms with Gasteiger partial charge < -0.3 is 9.47 Å². The van der Waals surface area contributed by atoms with Gasteiger partial charge in [-0.3, -0.25) is 14.9 Å². The van der Waals surface area contributed by atoms with E-state index in [1.54, 1.807) is 12.1 Å². The van der Waals surface area contributed by atoms with Crippen molar-refractivity contribution in [3.63, 3.8) is 0 Å². The van der Waals surface area contributed by atoms with Crippen molar-refractivity contribution in [3.8, 4) is 5.75 Å². The molecular formula is C22H17NO6. The highest BCUT2D eigenvalue weighted by molar-refractivity contribution is 6.01. The Morgan fingerprint density at radius 2 is 1.90 bits per heavy atom. The van der Waals surface area contributed by atoms with E-state index in [0.29, 0.717) is 23.2 Å². The molecular weight excluding hydrogens is 374 g/mol. The van der Waals surface area contributed by atoms with Crippen LogP contribution in [0, 0.1) is 10.1 Å². The SMILES string of the molecule is COC(=O)/C(=C/c1cccc([N+](=O)[O-])c1)COc1ccc2ccccc2c1C=O. The zero-order chi connectivity index (χ0) is 20.8. The van der Waals surface area contributed by atoms with E-state index >= 15 is 0 Å². The zero-order valence-corrected chi connectivity index (χ0v) is 15.5. The Bertz CT molecular complexity index is 1120. The summed E-state index contributed by atoms with van der Waals surface area (Å²) in [5.74, 6) is -0.308. The fourth-order valence-electron chi connectivity index (χ4n) is 2.90. The number of non-ortho nitro benzene ring substituents is 1. The van der Waals surface area contributed by atoms with E-state index < -0.39 is 10.9 Å². The number of benzene rings is 3. The Kier molecular flexibility index (Phi) is 5.99. The van der Waals surface area contributed by atoms with E-state index in [1.165, 1.54) is 31.4 Å². The molecule has 0 aliphatic heterocycles. The lowest BCUT2D eigenvalue weighted by Crippen LogP contribution is -2.13. The maximum absolute atomic E-state index is 12.1. The molecule has 0 spiro atoms. The summed E-state index contributed by atoms with van der Waals surface area (Å²) >= 11 is 0. The van der Waals surface area contributed by atoms with Gasteiger partial charge in [0.25, 0.3) is 5.69 Å². The summed E-state index contributed by atoms with van der Waals surface area (Å²) in [5.41, 5.74) is 0.889. The summed E-state index contributed by atoms with van der Waals surface area (Å²) < 4.78 is 10.5. The molecule has 0 fully saturated rings. The van der Waals surface area contributed by atoms with Crippen LogP contribution in [0.4, 0.5) is 5.69 Å². The molecule has 0 unspecified atom stereocenters. The summed E-state index contributed by atoms with van der Waals surface area (Å²) in [4.78, 5) is 34.2. The number of fused-ring (bicyclic) bond motifs is 1. The Morgan fingerprint density at radius 3 is 2.62 bits per heavy atom. The van der Waals surface area contributed by atoms with Crippen molar-refractivity contribution in [1.29, 1.82) is 0 Å². The monoisotopic (exact) mass is 391 g/mol. The third-order valence-electron chi connectivity index (χ3n) is 4.30. The molecule has 29 heavy (non-hydrogen) atoms. The minimum atomic E-state index is -0.634. The lowest BCUT2D eigenvalue weighted by Gasteiger charge is -2.12. The Morgan fingerprint density at radius 1 is 1.10 bits per heavy atom. The van der Waals surface area contributed by atoms with Crippen LogP contribution < -0.4 is 4.74 Å². The first-order valence-corrected chi connectivity index (χ1v) is 8.66. The van der Waals surface area contributed by atoms with Crippen molar-refractivity contribution in [3.05, 3.63) is 87.5 Å². The summed E-state index contributed by atoms with van der Waals surface area (Å²) in [6.07, 6.45) is 2.17. The molecule has 0 aliphatic rings. The lowest BCUT2D eigenvalue weighted by molar-refractivity contribution is -0.384. The molecule has 0 aliphatic carbocycles. The van der Waals surface area contributed by atoms with E-state index in [9.17, 15) is 19.7 Å². The Balaban J connectivity index is 1.92. The van der Waals surface area contributed by atoms with E-state index in [2.05, 4.69) is 0 Å². The minimum Gasteiger partial charge on any atom is -0.488 e. The summed E-state index contributed by atoms with van der Waals surface area (Å²) in [6, 6.07) is 16.7.